The summed E-state index contributed by atoms with van der Waals surface area (Å²) in [5.74, 6) is 1.28. The predicted octanol–water partition coefficient (Wildman–Crippen LogP) is 3.63. The zero-order valence-corrected chi connectivity index (χ0v) is 11.0. The van der Waals surface area contributed by atoms with Gasteiger partial charge in [0.2, 0.25) is 5.91 Å². The quantitative estimate of drug-likeness (QED) is 0.839. The van der Waals surface area contributed by atoms with E-state index < -0.39 is 0 Å². The molecule has 0 aliphatic heterocycles. The number of nitrogens with one attached hydrogen (secondary N) is 1. The number of carbonyl (C=O) groups excluding carboxylic acids is 1. The molecule has 3 nitrogen and oxygen atoms in total. The fourth-order valence-electron chi connectivity index (χ4n) is 1.83. The maximum atomic E-state index is 11.6. The number of para-hydroxylation sites is 1. The summed E-state index contributed by atoms with van der Waals surface area (Å²) in [5, 5.41) is 3.95. The Bertz CT molecular complexity index is 502. The first-order valence-corrected chi connectivity index (χ1v) is 6.58. The van der Waals surface area contributed by atoms with Crippen molar-refractivity contribution >= 4 is 28.5 Å². The largest absolute Gasteiger partial charge is 0.459 e. The van der Waals surface area contributed by atoms with Gasteiger partial charge in [0.15, 0.2) is 0 Å². The summed E-state index contributed by atoms with van der Waals surface area (Å²) in [4.78, 5) is 11.6. The van der Waals surface area contributed by atoms with Crippen molar-refractivity contribution in [3.8, 4) is 0 Å². The topological polar surface area (TPSA) is 42.2 Å². The minimum atomic E-state index is -0.125. The van der Waals surface area contributed by atoms with Crippen LogP contribution >= 0.6 is 11.6 Å². The second-order valence-electron chi connectivity index (χ2n) is 4.27. The van der Waals surface area contributed by atoms with Crippen LogP contribution in [-0.4, -0.2) is 11.8 Å². The van der Waals surface area contributed by atoms with Gasteiger partial charge in [0, 0.05) is 17.7 Å². The summed E-state index contributed by atoms with van der Waals surface area (Å²) >= 11 is 5.55. The van der Waals surface area contributed by atoms with E-state index in [4.69, 9.17) is 16.0 Å². The molecule has 0 spiro atoms. The van der Waals surface area contributed by atoms with Crippen LogP contribution in [0.25, 0.3) is 11.0 Å². The number of amides is 1. The van der Waals surface area contributed by atoms with E-state index in [1.807, 2.05) is 37.3 Å². The zero-order chi connectivity index (χ0) is 13.0. The number of alkyl halides is 1. The third-order valence-electron chi connectivity index (χ3n) is 2.79. The highest BCUT2D eigenvalue weighted by Crippen LogP contribution is 2.23. The van der Waals surface area contributed by atoms with Crippen LogP contribution in [0.1, 0.15) is 31.6 Å². The minimum Gasteiger partial charge on any atom is -0.459 e. The second kappa shape index (κ2) is 5.91. The maximum Gasteiger partial charge on any atom is 0.220 e. The van der Waals surface area contributed by atoms with Crippen LogP contribution in [-0.2, 0) is 4.79 Å². The Morgan fingerprint density at radius 1 is 1.44 bits per heavy atom. The Morgan fingerprint density at radius 2 is 2.22 bits per heavy atom. The second-order valence-corrected chi connectivity index (χ2v) is 4.65. The third kappa shape index (κ3) is 3.05. The predicted molar refractivity (Wildman–Crippen MR) is 72.7 cm³/mol. The van der Waals surface area contributed by atoms with Crippen molar-refractivity contribution in [2.24, 2.45) is 0 Å². The lowest BCUT2D eigenvalue weighted by atomic mass is 10.2. The number of halogens is 1. The van der Waals surface area contributed by atoms with Crippen LogP contribution in [0.2, 0.25) is 0 Å². The monoisotopic (exact) mass is 265 g/mol. The van der Waals surface area contributed by atoms with Crippen LogP contribution < -0.4 is 5.32 Å². The normalized spacial score (nSPS) is 12.6. The summed E-state index contributed by atoms with van der Waals surface area (Å²) in [7, 11) is 0. The van der Waals surface area contributed by atoms with Crippen molar-refractivity contribution in [2.45, 2.75) is 25.8 Å². The number of rotatable bonds is 5. The number of furan rings is 1. The molecule has 1 amide bonds. The zero-order valence-electron chi connectivity index (χ0n) is 10.3. The molecule has 0 saturated carbocycles. The highest BCUT2D eigenvalue weighted by Gasteiger charge is 2.13. The first kappa shape index (κ1) is 13.0. The van der Waals surface area contributed by atoms with Gasteiger partial charge in [-0.15, -0.1) is 11.6 Å². The Kier molecular flexibility index (Phi) is 4.26. The van der Waals surface area contributed by atoms with Gasteiger partial charge in [0.25, 0.3) is 0 Å². The van der Waals surface area contributed by atoms with Gasteiger partial charge in [-0.2, -0.15) is 0 Å². The van der Waals surface area contributed by atoms with Crippen LogP contribution in [0.4, 0.5) is 0 Å². The molecule has 1 unspecified atom stereocenters. The van der Waals surface area contributed by atoms with Gasteiger partial charge in [-0.3, -0.25) is 4.79 Å². The van der Waals surface area contributed by atoms with Gasteiger partial charge in [-0.1, -0.05) is 18.2 Å². The standard InChI is InChI=1S/C14H16ClNO2/c1-10(16-14(17)7-4-8-15)13-9-11-5-2-3-6-12(11)18-13/h2-3,5-6,9-10H,4,7-8H2,1H3,(H,16,17). The lowest BCUT2D eigenvalue weighted by molar-refractivity contribution is -0.121. The average Bonchev–Trinajstić information content (AvgIpc) is 2.80. The van der Waals surface area contributed by atoms with E-state index in [1.54, 1.807) is 0 Å². The number of hydrogen-bond donors (Lipinski definition) is 1. The molecule has 0 aliphatic rings. The van der Waals surface area contributed by atoms with E-state index in [-0.39, 0.29) is 11.9 Å². The summed E-state index contributed by atoms with van der Waals surface area (Å²) in [6, 6.07) is 9.64. The molecule has 2 rings (SSSR count). The molecule has 1 aromatic heterocycles. The Labute approximate surface area is 111 Å². The molecule has 1 N–H and O–H groups in total. The third-order valence-corrected chi connectivity index (χ3v) is 3.05. The SMILES string of the molecule is CC(NC(=O)CCCCl)c1cc2ccccc2o1. The molecule has 18 heavy (non-hydrogen) atoms. The number of hydrogen-bond acceptors (Lipinski definition) is 2. The van der Waals surface area contributed by atoms with Crippen molar-refractivity contribution in [1.82, 2.24) is 5.32 Å². The highest BCUT2D eigenvalue weighted by atomic mass is 35.5. The molecule has 2 aromatic rings. The van der Waals surface area contributed by atoms with E-state index in [0.717, 1.165) is 16.7 Å². The van der Waals surface area contributed by atoms with E-state index in [1.165, 1.54) is 0 Å². The van der Waals surface area contributed by atoms with E-state index >= 15 is 0 Å². The Morgan fingerprint density at radius 3 is 2.94 bits per heavy atom. The van der Waals surface area contributed by atoms with E-state index in [9.17, 15) is 4.79 Å². The van der Waals surface area contributed by atoms with E-state index in [0.29, 0.717) is 18.7 Å². The van der Waals surface area contributed by atoms with Crippen LogP contribution in [0.3, 0.4) is 0 Å². The fourth-order valence-corrected chi connectivity index (χ4v) is 1.96. The van der Waals surface area contributed by atoms with Gasteiger partial charge in [-0.05, 0) is 25.5 Å². The lowest BCUT2D eigenvalue weighted by Crippen LogP contribution is -2.26. The molecule has 1 aromatic carbocycles. The molecule has 4 heteroatoms. The Balaban J connectivity index is 2.04. The molecule has 0 fully saturated rings. The summed E-state index contributed by atoms with van der Waals surface area (Å²) < 4.78 is 5.69. The van der Waals surface area contributed by atoms with Crippen molar-refractivity contribution in [3.63, 3.8) is 0 Å². The summed E-state index contributed by atoms with van der Waals surface area (Å²) in [6.07, 6.45) is 1.15. The molecule has 96 valence electrons. The number of fused-ring (bicyclic) bond motifs is 1. The van der Waals surface area contributed by atoms with Crippen molar-refractivity contribution in [2.75, 3.05) is 5.88 Å². The van der Waals surface area contributed by atoms with Gasteiger partial charge in [0.05, 0.1) is 6.04 Å². The minimum absolute atomic E-state index is 0.00334. The van der Waals surface area contributed by atoms with Crippen molar-refractivity contribution in [3.05, 3.63) is 36.1 Å². The summed E-state index contributed by atoms with van der Waals surface area (Å²) in [5.41, 5.74) is 0.842. The van der Waals surface area contributed by atoms with E-state index in [2.05, 4.69) is 5.32 Å². The number of benzene rings is 1. The molecular formula is C14H16ClNO2. The molecule has 0 saturated heterocycles. The summed E-state index contributed by atoms with van der Waals surface area (Å²) in [6.45, 7) is 1.91. The first-order chi connectivity index (χ1) is 8.70. The lowest BCUT2D eigenvalue weighted by Gasteiger charge is -2.10. The van der Waals surface area contributed by atoms with Gasteiger partial charge in [-0.25, -0.2) is 0 Å². The van der Waals surface area contributed by atoms with Crippen LogP contribution in [0.15, 0.2) is 34.7 Å². The molecule has 0 radical (unpaired) electrons. The van der Waals surface area contributed by atoms with Crippen LogP contribution in [0.5, 0.6) is 0 Å². The van der Waals surface area contributed by atoms with Crippen molar-refractivity contribution in [1.29, 1.82) is 0 Å². The van der Waals surface area contributed by atoms with Gasteiger partial charge >= 0.3 is 0 Å². The Hall–Kier alpha value is -1.48. The first-order valence-electron chi connectivity index (χ1n) is 6.04. The molecular weight excluding hydrogens is 250 g/mol. The maximum absolute atomic E-state index is 11.6. The highest BCUT2D eigenvalue weighted by molar-refractivity contribution is 6.17. The molecule has 0 bridgehead atoms. The molecule has 1 heterocycles. The van der Waals surface area contributed by atoms with Crippen molar-refractivity contribution < 1.29 is 9.21 Å². The molecule has 0 aliphatic carbocycles. The average molecular weight is 266 g/mol. The van der Waals surface area contributed by atoms with Gasteiger partial charge in [0.1, 0.15) is 11.3 Å². The smallest absolute Gasteiger partial charge is 0.220 e. The fraction of sp³-hybridized carbons (Fsp3) is 0.357. The van der Waals surface area contributed by atoms with Gasteiger partial charge < -0.3 is 9.73 Å². The van der Waals surface area contributed by atoms with Crippen LogP contribution in [0, 0.1) is 0 Å². The number of carbonyl (C=O) groups is 1. The molecule has 1 atom stereocenters.